The molecule has 0 aromatic carbocycles. The minimum absolute atomic E-state index is 0.344. The first-order valence-electron chi connectivity index (χ1n) is 7.99. The zero-order valence-electron chi connectivity index (χ0n) is 12.4. The van der Waals surface area contributed by atoms with Crippen molar-refractivity contribution in [3.05, 3.63) is 23.7 Å². The van der Waals surface area contributed by atoms with Gasteiger partial charge in [-0.1, -0.05) is 12.8 Å². The van der Waals surface area contributed by atoms with Gasteiger partial charge in [0.25, 0.3) is 0 Å². The van der Waals surface area contributed by atoms with Gasteiger partial charge in [0.1, 0.15) is 11.5 Å². The van der Waals surface area contributed by atoms with Crippen LogP contribution >= 0.6 is 0 Å². The predicted octanol–water partition coefficient (Wildman–Crippen LogP) is 4.74. The third kappa shape index (κ3) is 2.89. The first kappa shape index (κ1) is 13.2. The van der Waals surface area contributed by atoms with Crippen LogP contribution in [0.3, 0.4) is 0 Å². The Labute approximate surface area is 117 Å². The van der Waals surface area contributed by atoms with E-state index in [2.05, 4.69) is 24.4 Å². The number of hydrogen-bond acceptors (Lipinski definition) is 2. The maximum absolute atomic E-state index is 5.72. The van der Waals surface area contributed by atoms with E-state index in [4.69, 9.17) is 4.42 Å². The fraction of sp³-hybridized carbons (Fsp3) is 0.765. The fourth-order valence-corrected chi connectivity index (χ4v) is 4.14. The molecular formula is C17H27NO. The molecule has 2 fully saturated rings. The van der Waals surface area contributed by atoms with E-state index in [1.165, 1.54) is 51.4 Å². The smallest absolute Gasteiger partial charge is 0.120 e. The molecule has 0 radical (unpaired) electrons. The van der Waals surface area contributed by atoms with Crippen molar-refractivity contribution in [3.8, 4) is 0 Å². The molecule has 3 rings (SSSR count). The minimum Gasteiger partial charge on any atom is -0.465 e. The Morgan fingerprint density at radius 3 is 2.42 bits per heavy atom. The van der Waals surface area contributed by atoms with Gasteiger partial charge >= 0.3 is 0 Å². The predicted molar refractivity (Wildman–Crippen MR) is 78.2 cm³/mol. The molecule has 2 aliphatic rings. The molecule has 1 spiro atoms. The topological polar surface area (TPSA) is 25.2 Å². The maximum atomic E-state index is 5.72. The van der Waals surface area contributed by atoms with Crippen molar-refractivity contribution in [1.82, 2.24) is 5.32 Å². The molecule has 2 saturated carbocycles. The molecule has 2 nitrogen and oxygen atoms in total. The van der Waals surface area contributed by atoms with Gasteiger partial charge in [0.15, 0.2) is 0 Å². The summed E-state index contributed by atoms with van der Waals surface area (Å²) in [5.74, 6) is 2.09. The van der Waals surface area contributed by atoms with Crippen molar-refractivity contribution < 1.29 is 4.42 Å². The Balaban J connectivity index is 1.52. The summed E-state index contributed by atoms with van der Waals surface area (Å²) in [5.41, 5.74) is 0.739. The van der Waals surface area contributed by atoms with Crippen LogP contribution in [-0.4, -0.2) is 6.04 Å². The summed E-state index contributed by atoms with van der Waals surface area (Å²) in [6, 6.07) is 5.19. The highest BCUT2D eigenvalue weighted by molar-refractivity contribution is 5.09. The van der Waals surface area contributed by atoms with E-state index >= 15 is 0 Å². The van der Waals surface area contributed by atoms with E-state index in [1.807, 2.05) is 6.92 Å². The van der Waals surface area contributed by atoms with Gasteiger partial charge < -0.3 is 9.73 Å². The first-order valence-corrected chi connectivity index (χ1v) is 7.99. The second-order valence-electron chi connectivity index (χ2n) is 6.82. The zero-order chi connectivity index (χ0) is 13.3. The molecule has 2 aliphatic carbocycles. The summed E-state index contributed by atoms with van der Waals surface area (Å²) in [4.78, 5) is 0. The van der Waals surface area contributed by atoms with Crippen molar-refractivity contribution in [2.75, 3.05) is 0 Å². The number of aryl methyl sites for hydroxylation is 1. The first-order chi connectivity index (χ1) is 9.17. The summed E-state index contributed by atoms with van der Waals surface area (Å²) in [6.45, 7) is 4.24. The number of rotatable bonds is 3. The lowest BCUT2D eigenvalue weighted by atomic mass is 9.71. The van der Waals surface area contributed by atoms with E-state index in [0.29, 0.717) is 12.1 Å². The Kier molecular flexibility index (Phi) is 3.70. The Morgan fingerprint density at radius 2 is 1.84 bits per heavy atom. The molecule has 0 bridgehead atoms. The zero-order valence-corrected chi connectivity index (χ0v) is 12.4. The SMILES string of the molecule is Cc1ccc(C(C)NC2CCC3(CCCC3)CC2)o1. The lowest BCUT2D eigenvalue weighted by molar-refractivity contribution is 0.161. The van der Waals surface area contributed by atoms with Crippen LogP contribution in [0.2, 0.25) is 0 Å². The van der Waals surface area contributed by atoms with Gasteiger partial charge in [0.2, 0.25) is 0 Å². The Morgan fingerprint density at radius 1 is 1.16 bits per heavy atom. The molecule has 1 heterocycles. The lowest BCUT2D eigenvalue weighted by Crippen LogP contribution is -2.37. The summed E-state index contributed by atoms with van der Waals surface area (Å²) in [7, 11) is 0. The van der Waals surface area contributed by atoms with Gasteiger partial charge in [-0.2, -0.15) is 0 Å². The van der Waals surface area contributed by atoms with Crippen LogP contribution in [0.25, 0.3) is 0 Å². The molecule has 0 aliphatic heterocycles. The van der Waals surface area contributed by atoms with Crippen LogP contribution < -0.4 is 5.32 Å². The van der Waals surface area contributed by atoms with Crippen molar-refractivity contribution in [1.29, 1.82) is 0 Å². The maximum Gasteiger partial charge on any atom is 0.120 e. The van der Waals surface area contributed by atoms with Crippen LogP contribution in [-0.2, 0) is 0 Å². The molecule has 0 saturated heterocycles. The normalized spacial score (nSPS) is 24.9. The third-order valence-electron chi connectivity index (χ3n) is 5.38. The fourth-order valence-electron chi connectivity index (χ4n) is 4.14. The molecule has 1 N–H and O–H groups in total. The van der Waals surface area contributed by atoms with Crippen molar-refractivity contribution >= 4 is 0 Å². The highest BCUT2D eigenvalue weighted by Crippen LogP contribution is 2.49. The molecule has 19 heavy (non-hydrogen) atoms. The minimum atomic E-state index is 0.344. The van der Waals surface area contributed by atoms with Crippen molar-refractivity contribution in [2.24, 2.45) is 5.41 Å². The molecule has 1 unspecified atom stereocenters. The number of nitrogens with one attached hydrogen (secondary N) is 1. The summed E-state index contributed by atoms with van der Waals surface area (Å²) in [6.07, 6.45) is 11.5. The highest BCUT2D eigenvalue weighted by Gasteiger charge is 2.37. The monoisotopic (exact) mass is 261 g/mol. The van der Waals surface area contributed by atoms with E-state index in [0.717, 1.165) is 16.9 Å². The van der Waals surface area contributed by atoms with E-state index in [9.17, 15) is 0 Å². The second kappa shape index (κ2) is 5.32. The number of furan rings is 1. The van der Waals surface area contributed by atoms with E-state index in [1.54, 1.807) is 0 Å². The molecular weight excluding hydrogens is 234 g/mol. The van der Waals surface area contributed by atoms with Crippen LogP contribution in [0.15, 0.2) is 16.5 Å². The Bertz CT molecular complexity index is 407. The average Bonchev–Trinajstić information content (AvgIpc) is 3.02. The lowest BCUT2D eigenvalue weighted by Gasteiger charge is -2.38. The molecule has 0 amide bonds. The van der Waals surface area contributed by atoms with Gasteiger partial charge in [-0.25, -0.2) is 0 Å². The molecule has 1 aromatic rings. The van der Waals surface area contributed by atoms with Gasteiger partial charge in [0, 0.05) is 6.04 Å². The largest absolute Gasteiger partial charge is 0.465 e. The summed E-state index contributed by atoms with van der Waals surface area (Å²) in [5, 5.41) is 3.76. The molecule has 1 aromatic heterocycles. The van der Waals surface area contributed by atoms with Gasteiger partial charge in [0.05, 0.1) is 6.04 Å². The standard InChI is InChI=1S/C17H27NO/c1-13-5-6-16(19-13)14(2)18-15-7-11-17(12-8-15)9-3-4-10-17/h5-6,14-15,18H,3-4,7-12H2,1-2H3. The van der Waals surface area contributed by atoms with E-state index in [-0.39, 0.29) is 0 Å². The summed E-state index contributed by atoms with van der Waals surface area (Å²) < 4.78 is 5.72. The highest BCUT2D eigenvalue weighted by atomic mass is 16.3. The van der Waals surface area contributed by atoms with Crippen LogP contribution in [0.1, 0.15) is 75.9 Å². The van der Waals surface area contributed by atoms with Gasteiger partial charge in [-0.05, 0) is 69.9 Å². The van der Waals surface area contributed by atoms with Crippen LogP contribution in [0.4, 0.5) is 0 Å². The quantitative estimate of drug-likeness (QED) is 0.850. The van der Waals surface area contributed by atoms with Crippen LogP contribution in [0, 0.1) is 12.3 Å². The molecule has 1 atom stereocenters. The summed E-state index contributed by atoms with van der Waals surface area (Å²) >= 11 is 0. The van der Waals surface area contributed by atoms with Crippen LogP contribution in [0.5, 0.6) is 0 Å². The molecule has 106 valence electrons. The molecule has 2 heteroatoms. The van der Waals surface area contributed by atoms with Crippen molar-refractivity contribution in [3.63, 3.8) is 0 Å². The third-order valence-corrected chi connectivity index (χ3v) is 5.38. The average molecular weight is 261 g/mol. The van der Waals surface area contributed by atoms with Crippen molar-refractivity contribution in [2.45, 2.75) is 77.3 Å². The van der Waals surface area contributed by atoms with Gasteiger partial charge in [-0.15, -0.1) is 0 Å². The van der Waals surface area contributed by atoms with Gasteiger partial charge in [-0.3, -0.25) is 0 Å². The number of hydrogen-bond donors (Lipinski definition) is 1. The Hall–Kier alpha value is -0.760. The van der Waals surface area contributed by atoms with E-state index < -0.39 is 0 Å². The second-order valence-corrected chi connectivity index (χ2v) is 6.82.